The van der Waals surface area contributed by atoms with E-state index in [0.717, 1.165) is 44.0 Å². The van der Waals surface area contributed by atoms with Gasteiger partial charge in [0.15, 0.2) is 11.6 Å². The summed E-state index contributed by atoms with van der Waals surface area (Å²) in [7, 11) is 1.60. The SMILES string of the molecule is COc1ccccc1-c1cnc(N)c(-c2nnnn2-c2ccc(OCCN3CCOCC3)c(C)c2F)c1. The number of nitrogen functional groups attached to an aromatic ring is 1. The van der Waals surface area contributed by atoms with Crippen molar-refractivity contribution >= 4 is 5.82 Å². The lowest BCUT2D eigenvalue weighted by Gasteiger charge is -2.26. The molecule has 1 saturated heterocycles. The summed E-state index contributed by atoms with van der Waals surface area (Å²) < 4.78 is 33.6. The van der Waals surface area contributed by atoms with E-state index in [-0.39, 0.29) is 17.3 Å². The molecule has 0 amide bonds. The van der Waals surface area contributed by atoms with Crippen molar-refractivity contribution in [1.82, 2.24) is 30.1 Å². The van der Waals surface area contributed by atoms with E-state index >= 15 is 4.39 Å². The highest BCUT2D eigenvalue weighted by Crippen LogP contribution is 2.34. The Morgan fingerprint density at radius 3 is 2.70 bits per heavy atom. The number of hydrogen-bond acceptors (Lipinski definition) is 9. The molecule has 1 aliphatic rings. The van der Waals surface area contributed by atoms with Crippen LogP contribution in [-0.2, 0) is 4.74 Å². The fraction of sp³-hybridized carbons (Fsp3) is 0.308. The molecule has 10 nitrogen and oxygen atoms in total. The number of benzene rings is 2. The Kier molecular flexibility index (Phi) is 7.24. The molecule has 0 spiro atoms. The minimum absolute atomic E-state index is 0.181. The number of para-hydroxylation sites is 1. The summed E-state index contributed by atoms with van der Waals surface area (Å²) in [5.74, 6) is 1.16. The maximum absolute atomic E-state index is 15.6. The Morgan fingerprint density at radius 2 is 1.89 bits per heavy atom. The molecule has 2 N–H and O–H groups in total. The molecule has 0 bridgehead atoms. The van der Waals surface area contributed by atoms with Crippen LogP contribution in [0.4, 0.5) is 10.2 Å². The van der Waals surface area contributed by atoms with Crippen LogP contribution in [0, 0.1) is 12.7 Å². The number of aromatic nitrogens is 5. The van der Waals surface area contributed by atoms with Gasteiger partial charge in [0, 0.05) is 42.5 Å². The molecule has 0 atom stereocenters. The Hall–Kier alpha value is -4.09. The predicted molar refractivity (Wildman–Crippen MR) is 136 cm³/mol. The molecule has 0 radical (unpaired) electrons. The predicted octanol–water partition coefficient (Wildman–Crippen LogP) is 3.14. The van der Waals surface area contributed by atoms with Crippen LogP contribution in [0.2, 0.25) is 0 Å². The van der Waals surface area contributed by atoms with Gasteiger partial charge in [-0.2, -0.15) is 4.68 Å². The van der Waals surface area contributed by atoms with Gasteiger partial charge >= 0.3 is 0 Å². The molecule has 2 aromatic carbocycles. The van der Waals surface area contributed by atoms with Crippen LogP contribution < -0.4 is 15.2 Å². The molecule has 2 aromatic heterocycles. The van der Waals surface area contributed by atoms with Crippen LogP contribution in [0.3, 0.4) is 0 Å². The Labute approximate surface area is 213 Å². The number of nitrogens with zero attached hydrogens (tertiary/aromatic N) is 6. The summed E-state index contributed by atoms with van der Waals surface area (Å²) in [4.78, 5) is 6.59. The zero-order valence-corrected chi connectivity index (χ0v) is 20.7. The Bertz CT molecular complexity index is 1390. The summed E-state index contributed by atoms with van der Waals surface area (Å²) in [5, 5.41) is 12.0. The number of morpholine rings is 1. The number of methoxy groups -OCH3 is 1. The molecular formula is C26H28FN7O3. The minimum Gasteiger partial charge on any atom is -0.496 e. The quantitative estimate of drug-likeness (QED) is 0.386. The highest BCUT2D eigenvalue weighted by atomic mass is 19.1. The van der Waals surface area contributed by atoms with Crippen LogP contribution >= 0.6 is 0 Å². The van der Waals surface area contributed by atoms with Crippen molar-refractivity contribution in [2.24, 2.45) is 0 Å². The van der Waals surface area contributed by atoms with Gasteiger partial charge in [0.25, 0.3) is 0 Å². The molecule has 5 rings (SSSR count). The van der Waals surface area contributed by atoms with Crippen molar-refractivity contribution in [2.45, 2.75) is 6.92 Å². The molecule has 192 valence electrons. The second-order valence-corrected chi connectivity index (χ2v) is 8.60. The van der Waals surface area contributed by atoms with E-state index < -0.39 is 5.82 Å². The van der Waals surface area contributed by atoms with Gasteiger partial charge in [0.1, 0.15) is 29.6 Å². The molecule has 3 heterocycles. The second kappa shape index (κ2) is 10.9. The third-order valence-corrected chi connectivity index (χ3v) is 6.36. The first-order valence-electron chi connectivity index (χ1n) is 12.0. The maximum Gasteiger partial charge on any atom is 0.190 e. The lowest BCUT2D eigenvalue weighted by Crippen LogP contribution is -2.38. The molecular weight excluding hydrogens is 477 g/mol. The summed E-state index contributed by atoms with van der Waals surface area (Å²) in [6, 6.07) is 12.7. The molecule has 0 aliphatic carbocycles. The number of nitrogens with two attached hydrogens (primary N) is 1. The molecule has 0 unspecified atom stereocenters. The van der Waals surface area contributed by atoms with Gasteiger partial charge in [0.05, 0.1) is 25.9 Å². The summed E-state index contributed by atoms with van der Waals surface area (Å²) in [6.45, 7) is 6.05. The number of rotatable bonds is 8. The van der Waals surface area contributed by atoms with E-state index in [0.29, 0.717) is 29.2 Å². The van der Waals surface area contributed by atoms with E-state index in [2.05, 4.69) is 25.4 Å². The standard InChI is InChI=1S/C26H28FN7O3/c1-17-22(37-14-11-33-9-12-36-13-10-33)8-7-21(24(17)27)34-26(30-31-32-34)20-15-18(16-29-25(20)28)19-5-3-4-6-23(19)35-2/h3-8,15-16H,9-14H2,1-2H3,(H2,28,29). The van der Waals surface area contributed by atoms with Crippen molar-refractivity contribution in [1.29, 1.82) is 0 Å². The molecule has 4 aromatic rings. The van der Waals surface area contributed by atoms with Crippen molar-refractivity contribution in [3.63, 3.8) is 0 Å². The zero-order valence-electron chi connectivity index (χ0n) is 20.7. The van der Waals surface area contributed by atoms with E-state index in [1.807, 2.05) is 30.3 Å². The number of hydrogen-bond donors (Lipinski definition) is 1. The number of anilines is 1. The van der Waals surface area contributed by atoms with E-state index in [4.69, 9.17) is 19.9 Å². The van der Waals surface area contributed by atoms with Crippen LogP contribution in [-0.4, -0.2) is 76.7 Å². The second-order valence-electron chi connectivity index (χ2n) is 8.60. The van der Waals surface area contributed by atoms with Gasteiger partial charge in [-0.05, 0) is 41.6 Å². The van der Waals surface area contributed by atoms with Crippen molar-refractivity contribution < 1.29 is 18.6 Å². The lowest BCUT2D eigenvalue weighted by molar-refractivity contribution is 0.0322. The summed E-state index contributed by atoms with van der Waals surface area (Å²) in [6.07, 6.45) is 1.65. The fourth-order valence-corrected chi connectivity index (χ4v) is 4.28. The Balaban J connectivity index is 1.43. The summed E-state index contributed by atoms with van der Waals surface area (Å²) in [5.41, 5.74) is 8.82. The van der Waals surface area contributed by atoms with Crippen molar-refractivity contribution in [3.05, 3.63) is 60.0 Å². The van der Waals surface area contributed by atoms with Crippen molar-refractivity contribution in [3.8, 4) is 39.7 Å². The van der Waals surface area contributed by atoms with Crippen LogP contribution in [0.25, 0.3) is 28.2 Å². The smallest absolute Gasteiger partial charge is 0.190 e. The lowest BCUT2D eigenvalue weighted by atomic mass is 10.0. The average Bonchev–Trinajstić information content (AvgIpc) is 3.41. The van der Waals surface area contributed by atoms with Gasteiger partial charge in [0.2, 0.25) is 0 Å². The third-order valence-electron chi connectivity index (χ3n) is 6.36. The zero-order chi connectivity index (χ0) is 25.8. The summed E-state index contributed by atoms with van der Waals surface area (Å²) >= 11 is 0. The third kappa shape index (κ3) is 5.09. The molecule has 1 fully saturated rings. The first-order chi connectivity index (χ1) is 18.1. The van der Waals surface area contributed by atoms with Crippen LogP contribution in [0.1, 0.15) is 5.56 Å². The van der Waals surface area contributed by atoms with Gasteiger partial charge in [-0.15, -0.1) is 5.10 Å². The molecule has 11 heteroatoms. The molecule has 1 aliphatic heterocycles. The topological polar surface area (TPSA) is 113 Å². The number of tetrazole rings is 1. The normalized spacial score (nSPS) is 14.0. The van der Waals surface area contributed by atoms with Gasteiger partial charge < -0.3 is 19.9 Å². The number of halogens is 1. The highest BCUT2D eigenvalue weighted by molar-refractivity contribution is 5.79. The van der Waals surface area contributed by atoms with Gasteiger partial charge in [-0.3, -0.25) is 4.90 Å². The Morgan fingerprint density at radius 1 is 1.08 bits per heavy atom. The average molecular weight is 506 g/mol. The van der Waals surface area contributed by atoms with Crippen LogP contribution in [0.15, 0.2) is 48.7 Å². The van der Waals surface area contributed by atoms with Gasteiger partial charge in [-0.1, -0.05) is 18.2 Å². The minimum atomic E-state index is -0.482. The first kappa shape index (κ1) is 24.6. The first-order valence-corrected chi connectivity index (χ1v) is 12.0. The van der Waals surface area contributed by atoms with E-state index in [1.54, 1.807) is 32.4 Å². The van der Waals surface area contributed by atoms with E-state index in [1.165, 1.54) is 4.68 Å². The maximum atomic E-state index is 15.6. The number of pyridine rings is 1. The fourth-order valence-electron chi connectivity index (χ4n) is 4.28. The van der Waals surface area contributed by atoms with Gasteiger partial charge in [-0.25, -0.2) is 9.37 Å². The van der Waals surface area contributed by atoms with Crippen LogP contribution in [0.5, 0.6) is 11.5 Å². The van der Waals surface area contributed by atoms with E-state index in [9.17, 15) is 0 Å². The monoisotopic (exact) mass is 505 g/mol. The largest absolute Gasteiger partial charge is 0.496 e. The highest BCUT2D eigenvalue weighted by Gasteiger charge is 2.21. The number of ether oxygens (including phenoxy) is 3. The molecule has 0 saturated carbocycles. The molecule has 37 heavy (non-hydrogen) atoms. The van der Waals surface area contributed by atoms with Crippen molar-refractivity contribution in [2.75, 3.05) is 52.3 Å².